The Bertz CT molecular complexity index is 251. The summed E-state index contributed by atoms with van der Waals surface area (Å²) in [5.74, 6) is 0.174. The van der Waals surface area contributed by atoms with E-state index in [1.165, 1.54) is 0 Å². The van der Waals surface area contributed by atoms with Crippen molar-refractivity contribution in [3.8, 4) is 0 Å². The van der Waals surface area contributed by atoms with Gasteiger partial charge in [0.15, 0.2) is 0 Å². The molecule has 0 aliphatic carbocycles. The molecule has 1 aliphatic heterocycles. The molecule has 1 rings (SSSR count). The quantitative estimate of drug-likeness (QED) is 0.708. The highest BCUT2D eigenvalue weighted by Crippen LogP contribution is 2.08. The van der Waals surface area contributed by atoms with Crippen LogP contribution in [0.15, 0.2) is 0 Å². The Hall–Kier alpha value is -0.130. The molecule has 1 fully saturated rings. The molecule has 0 aromatic carbocycles. The predicted octanol–water partition coefficient (Wildman–Crippen LogP) is 0.0199. The Morgan fingerprint density at radius 3 is 2.77 bits per heavy atom. The van der Waals surface area contributed by atoms with Crippen LogP contribution in [0.25, 0.3) is 0 Å². The maximum absolute atomic E-state index is 11.2. The second-order valence-corrected chi connectivity index (χ2v) is 5.67. The van der Waals surface area contributed by atoms with Gasteiger partial charge in [-0.15, -0.1) is 0 Å². The summed E-state index contributed by atoms with van der Waals surface area (Å²) in [5, 5.41) is 0. The molecule has 0 bridgehead atoms. The lowest BCUT2D eigenvalue weighted by molar-refractivity contribution is 0.242. The summed E-state index contributed by atoms with van der Waals surface area (Å²) in [6, 6.07) is 0.115. The Morgan fingerprint density at radius 2 is 2.23 bits per heavy atom. The Labute approximate surface area is 80.4 Å². The van der Waals surface area contributed by atoms with E-state index in [0.717, 1.165) is 25.9 Å². The summed E-state index contributed by atoms with van der Waals surface area (Å²) in [6.07, 6.45) is 2.04. The van der Waals surface area contributed by atoms with Gasteiger partial charge in [0.05, 0.1) is 5.75 Å². The number of nitrogens with zero attached hydrogens (tertiary/aromatic N) is 1. The third kappa shape index (κ3) is 3.62. The minimum atomic E-state index is -3.02. The zero-order chi connectivity index (χ0) is 9.90. The zero-order valence-corrected chi connectivity index (χ0v) is 9.10. The number of nitrogens with one attached hydrogen (secondary N) is 1. The van der Waals surface area contributed by atoms with E-state index in [9.17, 15) is 8.42 Å². The van der Waals surface area contributed by atoms with Crippen LogP contribution in [0.2, 0.25) is 0 Å². The molecular weight excluding hydrogens is 188 g/mol. The van der Waals surface area contributed by atoms with E-state index in [1.807, 2.05) is 7.05 Å². The Balaban J connectivity index is 2.45. The van der Waals surface area contributed by atoms with Crippen LogP contribution in [0.3, 0.4) is 0 Å². The van der Waals surface area contributed by atoms with Crippen LogP contribution < -0.4 is 4.72 Å². The summed E-state index contributed by atoms with van der Waals surface area (Å²) in [7, 11) is -0.999. The average molecular weight is 206 g/mol. The first kappa shape index (κ1) is 10.9. The van der Waals surface area contributed by atoms with Gasteiger partial charge in [0, 0.05) is 12.6 Å². The molecule has 0 amide bonds. The van der Waals surface area contributed by atoms with E-state index in [1.54, 1.807) is 6.92 Å². The highest BCUT2D eigenvalue weighted by atomic mass is 32.2. The fourth-order valence-electron chi connectivity index (χ4n) is 1.60. The number of hydrogen-bond acceptors (Lipinski definition) is 3. The van der Waals surface area contributed by atoms with Crippen LogP contribution in [-0.4, -0.2) is 45.2 Å². The molecular formula is C8H18N2O2S. The van der Waals surface area contributed by atoms with Crippen LogP contribution in [0.5, 0.6) is 0 Å². The molecule has 4 nitrogen and oxygen atoms in total. The van der Waals surface area contributed by atoms with E-state index >= 15 is 0 Å². The van der Waals surface area contributed by atoms with Gasteiger partial charge in [-0.1, -0.05) is 0 Å². The first-order chi connectivity index (χ1) is 6.03. The summed E-state index contributed by atoms with van der Waals surface area (Å²) in [5.41, 5.74) is 0. The fourth-order valence-corrected chi connectivity index (χ4v) is 2.47. The summed E-state index contributed by atoms with van der Waals surface area (Å²) >= 11 is 0. The minimum absolute atomic E-state index is 0.115. The molecule has 0 spiro atoms. The lowest BCUT2D eigenvalue weighted by Crippen LogP contribution is -2.46. The molecule has 1 unspecified atom stereocenters. The van der Waals surface area contributed by atoms with Gasteiger partial charge in [-0.25, -0.2) is 13.1 Å². The van der Waals surface area contributed by atoms with Gasteiger partial charge in [-0.2, -0.15) is 0 Å². The van der Waals surface area contributed by atoms with Crippen molar-refractivity contribution in [1.29, 1.82) is 0 Å². The highest BCUT2D eigenvalue weighted by Gasteiger charge is 2.20. The molecule has 1 heterocycles. The van der Waals surface area contributed by atoms with Crippen molar-refractivity contribution in [2.75, 3.05) is 25.9 Å². The predicted molar refractivity (Wildman–Crippen MR) is 53.1 cm³/mol. The fraction of sp³-hybridized carbons (Fsp3) is 1.00. The second kappa shape index (κ2) is 4.39. The van der Waals surface area contributed by atoms with Crippen molar-refractivity contribution >= 4 is 10.0 Å². The molecule has 78 valence electrons. The van der Waals surface area contributed by atoms with Gasteiger partial charge in [-0.3, -0.25) is 0 Å². The molecule has 1 aliphatic rings. The number of piperidine rings is 1. The molecule has 0 radical (unpaired) electrons. The van der Waals surface area contributed by atoms with Crippen molar-refractivity contribution in [2.45, 2.75) is 25.8 Å². The maximum atomic E-state index is 11.2. The van der Waals surface area contributed by atoms with Crippen molar-refractivity contribution in [3.05, 3.63) is 0 Å². The van der Waals surface area contributed by atoms with Crippen molar-refractivity contribution in [2.24, 2.45) is 0 Å². The van der Waals surface area contributed by atoms with Crippen LogP contribution in [0.1, 0.15) is 19.8 Å². The van der Waals surface area contributed by atoms with Gasteiger partial charge >= 0.3 is 0 Å². The van der Waals surface area contributed by atoms with Gasteiger partial charge in [-0.05, 0) is 33.4 Å². The zero-order valence-electron chi connectivity index (χ0n) is 8.28. The van der Waals surface area contributed by atoms with Crippen LogP contribution >= 0.6 is 0 Å². The standard InChI is InChI=1S/C8H18N2O2S/c1-3-13(11,12)9-8-5-4-6-10(2)7-8/h8-9H,3-7H2,1-2H3. The van der Waals surface area contributed by atoms with Crippen LogP contribution in [0.4, 0.5) is 0 Å². The Kier molecular flexibility index (Phi) is 3.70. The van der Waals surface area contributed by atoms with Gasteiger partial charge < -0.3 is 4.90 Å². The van der Waals surface area contributed by atoms with Crippen molar-refractivity contribution < 1.29 is 8.42 Å². The monoisotopic (exact) mass is 206 g/mol. The third-order valence-electron chi connectivity index (χ3n) is 2.35. The molecule has 1 atom stereocenters. The van der Waals surface area contributed by atoms with Gasteiger partial charge in [0.2, 0.25) is 10.0 Å². The Morgan fingerprint density at radius 1 is 1.54 bits per heavy atom. The number of hydrogen-bond donors (Lipinski definition) is 1. The smallest absolute Gasteiger partial charge is 0.211 e. The molecule has 5 heteroatoms. The number of rotatable bonds is 3. The molecule has 1 saturated heterocycles. The van der Waals surface area contributed by atoms with E-state index in [0.29, 0.717) is 0 Å². The van der Waals surface area contributed by atoms with Gasteiger partial charge in [0.1, 0.15) is 0 Å². The van der Waals surface area contributed by atoms with Crippen LogP contribution in [0, 0.1) is 0 Å². The van der Waals surface area contributed by atoms with E-state index in [-0.39, 0.29) is 11.8 Å². The summed E-state index contributed by atoms with van der Waals surface area (Å²) < 4.78 is 25.2. The SMILES string of the molecule is CCS(=O)(=O)NC1CCCN(C)C1. The van der Waals surface area contributed by atoms with E-state index < -0.39 is 10.0 Å². The highest BCUT2D eigenvalue weighted by molar-refractivity contribution is 7.89. The largest absolute Gasteiger partial charge is 0.305 e. The molecule has 0 aromatic rings. The maximum Gasteiger partial charge on any atom is 0.211 e. The lowest BCUT2D eigenvalue weighted by atomic mass is 10.1. The minimum Gasteiger partial charge on any atom is -0.305 e. The number of sulfonamides is 1. The van der Waals surface area contributed by atoms with E-state index in [4.69, 9.17) is 0 Å². The molecule has 1 N–H and O–H groups in total. The van der Waals surface area contributed by atoms with Crippen LogP contribution in [-0.2, 0) is 10.0 Å². The van der Waals surface area contributed by atoms with Crippen molar-refractivity contribution in [1.82, 2.24) is 9.62 Å². The van der Waals surface area contributed by atoms with Crippen molar-refractivity contribution in [3.63, 3.8) is 0 Å². The summed E-state index contributed by atoms with van der Waals surface area (Å²) in [4.78, 5) is 2.16. The topological polar surface area (TPSA) is 49.4 Å². The number of likely N-dealkylation sites (tertiary alicyclic amines) is 1. The molecule has 13 heavy (non-hydrogen) atoms. The first-order valence-corrected chi connectivity index (χ1v) is 6.37. The summed E-state index contributed by atoms with van der Waals surface area (Å²) in [6.45, 7) is 3.57. The van der Waals surface area contributed by atoms with Gasteiger partial charge in [0.25, 0.3) is 0 Å². The normalized spacial score (nSPS) is 26.2. The third-order valence-corrected chi connectivity index (χ3v) is 3.80. The second-order valence-electron chi connectivity index (χ2n) is 3.62. The number of likely N-dealkylation sites (N-methyl/N-ethyl adjacent to an activating group) is 1. The first-order valence-electron chi connectivity index (χ1n) is 4.72. The molecule has 0 saturated carbocycles. The van der Waals surface area contributed by atoms with E-state index in [2.05, 4.69) is 9.62 Å². The molecule has 0 aromatic heterocycles. The average Bonchev–Trinajstić information content (AvgIpc) is 2.03. The lowest BCUT2D eigenvalue weighted by Gasteiger charge is -2.29.